The minimum atomic E-state index is 0.678. The van der Waals surface area contributed by atoms with Gasteiger partial charge in [0, 0.05) is 52.2 Å². The normalized spacial score (nSPS) is 19.7. The molecule has 15 heavy (non-hydrogen) atoms. The molecule has 0 radical (unpaired) electrons. The zero-order valence-electron chi connectivity index (χ0n) is 9.98. The first-order chi connectivity index (χ1) is 7.22. The fourth-order valence-electron chi connectivity index (χ4n) is 1.81. The number of hydrogen-bond acceptors (Lipinski definition) is 4. The van der Waals surface area contributed by atoms with E-state index in [0.29, 0.717) is 6.42 Å². The summed E-state index contributed by atoms with van der Waals surface area (Å²) in [6.45, 7) is 7.75. The molecule has 0 aromatic rings. The molecule has 1 rings (SSSR count). The van der Waals surface area contributed by atoms with Gasteiger partial charge in [0.05, 0.1) is 0 Å². The molecule has 0 aliphatic carbocycles. The summed E-state index contributed by atoms with van der Waals surface area (Å²) in [4.78, 5) is 17.3. The first kappa shape index (κ1) is 12.6. The third-order valence-corrected chi connectivity index (χ3v) is 2.89. The van der Waals surface area contributed by atoms with E-state index in [0.717, 1.165) is 52.1 Å². The molecule has 4 nitrogen and oxygen atoms in total. The molecule has 0 aromatic carbocycles. The van der Waals surface area contributed by atoms with E-state index in [2.05, 4.69) is 28.8 Å². The summed E-state index contributed by atoms with van der Waals surface area (Å²) in [7, 11) is 4.22. The molecule has 4 heteroatoms. The van der Waals surface area contributed by atoms with Crippen molar-refractivity contribution in [2.75, 3.05) is 59.9 Å². The van der Waals surface area contributed by atoms with Crippen LogP contribution in [0.3, 0.4) is 0 Å². The van der Waals surface area contributed by atoms with E-state index >= 15 is 0 Å². The Labute approximate surface area is 92.8 Å². The number of piperazine rings is 1. The van der Waals surface area contributed by atoms with Gasteiger partial charge in [0.1, 0.15) is 6.29 Å². The number of carbonyl (C=O) groups is 1. The van der Waals surface area contributed by atoms with Crippen LogP contribution < -0.4 is 0 Å². The van der Waals surface area contributed by atoms with Crippen molar-refractivity contribution in [3.63, 3.8) is 0 Å². The van der Waals surface area contributed by atoms with E-state index in [1.165, 1.54) is 0 Å². The van der Waals surface area contributed by atoms with Crippen molar-refractivity contribution in [1.82, 2.24) is 14.7 Å². The van der Waals surface area contributed by atoms with Crippen molar-refractivity contribution < 1.29 is 4.79 Å². The molecule has 0 aromatic heterocycles. The average molecular weight is 213 g/mol. The number of hydrogen-bond donors (Lipinski definition) is 0. The van der Waals surface area contributed by atoms with Gasteiger partial charge < -0.3 is 14.6 Å². The average Bonchev–Trinajstić information content (AvgIpc) is 2.25. The molecule has 1 saturated heterocycles. The molecular weight excluding hydrogens is 190 g/mol. The van der Waals surface area contributed by atoms with Crippen LogP contribution in [0.1, 0.15) is 6.42 Å². The van der Waals surface area contributed by atoms with Crippen LogP contribution in [-0.4, -0.2) is 80.9 Å². The van der Waals surface area contributed by atoms with Gasteiger partial charge in [-0.25, -0.2) is 0 Å². The summed E-state index contributed by atoms with van der Waals surface area (Å²) >= 11 is 0. The highest BCUT2D eigenvalue weighted by Gasteiger charge is 2.15. The predicted molar refractivity (Wildman–Crippen MR) is 62.1 cm³/mol. The van der Waals surface area contributed by atoms with Crippen LogP contribution in [0, 0.1) is 0 Å². The minimum Gasteiger partial charge on any atom is -0.308 e. The molecule has 0 saturated carbocycles. The van der Waals surface area contributed by atoms with Gasteiger partial charge in [0.2, 0.25) is 0 Å². The van der Waals surface area contributed by atoms with E-state index in [1.54, 1.807) is 0 Å². The lowest BCUT2D eigenvalue weighted by Gasteiger charge is -2.34. The molecule has 1 aliphatic rings. The standard InChI is InChI=1S/C11H23N3O/c1-12(2)5-6-14-9-7-13(8-10-14)4-3-11-15/h11H,3-10H2,1-2H3. The van der Waals surface area contributed by atoms with E-state index in [-0.39, 0.29) is 0 Å². The van der Waals surface area contributed by atoms with Crippen LogP contribution in [-0.2, 0) is 4.79 Å². The number of aldehydes is 1. The van der Waals surface area contributed by atoms with E-state index < -0.39 is 0 Å². The second kappa shape index (κ2) is 6.93. The Bertz CT molecular complexity index is 177. The highest BCUT2D eigenvalue weighted by atomic mass is 16.1. The second-order valence-corrected chi connectivity index (χ2v) is 4.44. The lowest BCUT2D eigenvalue weighted by molar-refractivity contribution is -0.108. The lowest BCUT2D eigenvalue weighted by atomic mass is 10.3. The van der Waals surface area contributed by atoms with Crippen LogP contribution in [0.15, 0.2) is 0 Å². The van der Waals surface area contributed by atoms with Crippen LogP contribution in [0.2, 0.25) is 0 Å². The maximum atomic E-state index is 10.2. The maximum Gasteiger partial charge on any atom is 0.121 e. The Balaban J connectivity index is 2.09. The molecule has 0 N–H and O–H groups in total. The summed E-state index contributed by atoms with van der Waals surface area (Å²) in [5.74, 6) is 0. The summed E-state index contributed by atoms with van der Waals surface area (Å²) in [5.41, 5.74) is 0. The third kappa shape index (κ3) is 5.25. The van der Waals surface area contributed by atoms with Crippen molar-refractivity contribution >= 4 is 6.29 Å². The fourth-order valence-corrected chi connectivity index (χ4v) is 1.81. The fraction of sp³-hybridized carbons (Fsp3) is 0.909. The SMILES string of the molecule is CN(C)CCN1CCN(CCC=O)CC1. The zero-order chi connectivity index (χ0) is 11.1. The Morgan fingerprint density at radius 1 is 1.07 bits per heavy atom. The third-order valence-electron chi connectivity index (χ3n) is 2.89. The van der Waals surface area contributed by atoms with Gasteiger partial charge in [-0.2, -0.15) is 0 Å². The van der Waals surface area contributed by atoms with Crippen molar-refractivity contribution in [2.45, 2.75) is 6.42 Å². The van der Waals surface area contributed by atoms with Gasteiger partial charge in [-0.1, -0.05) is 0 Å². The topological polar surface area (TPSA) is 26.8 Å². The smallest absolute Gasteiger partial charge is 0.121 e. The Morgan fingerprint density at radius 2 is 1.60 bits per heavy atom. The van der Waals surface area contributed by atoms with E-state index in [4.69, 9.17) is 0 Å². The Kier molecular flexibility index (Phi) is 5.83. The molecule has 1 fully saturated rings. The van der Waals surface area contributed by atoms with Gasteiger partial charge in [-0.05, 0) is 14.1 Å². The van der Waals surface area contributed by atoms with Gasteiger partial charge in [0.15, 0.2) is 0 Å². The molecule has 0 bridgehead atoms. The molecular formula is C11H23N3O. The summed E-state index contributed by atoms with van der Waals surface area (Å²) < 4.78 is 0. The molecule has 0 spiro atoms. The predicted octanol–water partition coefficient (Wildman–Crippen LogP) is -0.245. The van der Waals surface area contributed by atoms with E-state index in [9.17, 15) is 4.79 Å². The van der Waals surface area contributed by atoms with Crippen molar-refractivity contribution in [3.8, 4) is 0 Å². The summed E-state index contributed by atoms with van der Waals surface area (Å²) in [6.07, 6.45) is 1.69. The number of likely N-dealkylation sites (N-methyl/N-ethyl adjacent to an activating group) is 1. The highest BCUT2D eigenvalue weighted by molar-refractivity contribution is 5.49. The molecule has 88 valence electrons. The van der Waals surface area contributed by atoms with Gasteiger partial charge >= 0.3 is 0 Å². The molecule has 0 atom stereocenters. The Hall–Kier alpha value is -0.450. The quantitative estimate of drug-likeness (QED) is 0.569. The number of carbonyl (C=O) groups excluding carboxylic acids is 1. The summed E-state index contributed by atoms with van der Waals surface area (Å²) in [5, 5.41) is 0. The number of nitrogens with zero attached hydrogens (tertiary/aromatic N) is 3. The molecule has 1 aliphatic heterocycles. The number of rotatable bonds is 6. The second-order valence-electron chi connectivity index (χ2n) is 4.44. The van der Waals surface area contributed by atoms with Crippen molar-refractivity contribution in [1.29, 1.82) is 0 Å². The minimum absolute atomic E-state index is 0.678. The van der Waals surface area contributed by atoms with Crippen LogP contribution in [0.4, 0.5) is 0 Å². The van der Waals surface area contributed by atoms with Gasteiger partial charge in [-0.3, -0.25) is 4.90 Å². The molecule has 0 amide bonds. The highest BCUT2D eigenvalue weighted by Crippen LogP contribution is 2.01. The van der Waals surface area contributed by atoms with E-state index in [1.807, 2.05) is 0 Å². The Morgan fingerprint density at radius 3 is 2.07 bits per heavy atom. The lowest BCUT2D eigenvalue weighted by Crippen LogP contribution is -2.48. The molecule has 0 unspecified atom stereocenters. The van der Waals surface area contributed by atoms with Crippen LogP contribution >= 0.6 is 0 Å². The van der Waals surface area contributed by atoms with Gasteiger partial charge in [0.25, 0.3) is 0 Å². The van der Waals surface area contributed by atoms with Crippen LogP contribution in [0.25, 0.3) is 0 Å². The first-order valence-electron chi connectivity index (χ1n) is 5.75. The van der Waals surface area contributed by atoms with Gasteiger partial charge in [-0.15, -0.1) is 0 Å². The van der Waals surface area contributed by atoms with Crippen LogP contribution in [0.5, 0.6) is 0 Å². The van der Waals surface area contributed by atoms with Crippen molar-refractivity contribution in [3.05, 3.63) is 0 Å². The first-order valence-corrected chi connectivity index (χ1v) is 5.75. The largest absolute Gasteiger partial charge is 0.308 e. The van der Waals surface area contributed by atoms with Crippen molar-refractivity contribution in [2.24, 2.45) is 0 Å². The zero-order valence-corrected chi connectivity index (χ0v) is 9.98. The summed E-state index contributed by atoms with van der Waals surface area (Å²) in [6, 6.07) is 0. The molecule has 1 heterocycles. The maximum absolute atomic E-state index is 10.2. The monoisotopic (exact) mass is 213 g/mol.